The lowest BCUT2D eigenvalue weighted by molar-refractivity contribution is -0.159. The monoisotopic (exact) mass is 222 g/mol. The minimum Gasteiger partial charge on any atom is -0.464 e. The second-order valence-electron chi connectivity index (χ2n) is 3.24. The molecular formula is C12H14O4. The fraction of sp³-hybridized carbons (Fsp3) is 0.250. The molecule has 0 saturated heterocycles. The van der Waals surface area contributed by atoms with Gasteiger partial charge in [-0.05, 0) is 26.0 Å². The van der Waals surface area contributed by atoms with Gasteiger partial charge in [0.2, 0.25) is 0 Å². The van der Waals surface area contributed by atoms with E-state index in [9.17, 15) is 4.79 Å². The molecule has 0 fully saturated rings. The Morgan fingerprint density at radius 1 is 1.38 bits per heavy atom. The normalized spacial score (nSPS) is 13.1. The van der Waals surface area contributed by atoms with Crippen molar-refractivity contribution in [1.29, 1.82) is 0 Å². The van der Waals surface area contributed by atoms with E-state index in [1.54, 1.807) is 19.1 Å². The fourth-order valence-corrected chi connectivity index (χ4v) is 0.951. The van der Waals surface area contributed by atoms with Crippen LogP contribution in [0.3, 0.4) is 0 Å². The van der Waals surface area contributed by atoms with E-state index in [2.05, 4.69) is 4.74 Å². The molecule has 0 aliphatic rings. The Hall–Kier alpha value is -1.81. The van der Waals surface area contributed by atoms with Crippen molar-refractivity contribution in [2.45, 2.75) is 20.1 Å². The van der Waals surface area contributed by atoms with E-state index in [0.717, 1.165) is 0 Å². The van der Waals surface area contributed by atoms with Crippen LogP contribution in [-0.2, 0) is 9.53 Å². The van der Waals surface area contributed by atoms with Crippen molar-refractivity contribution in [2.24, 2.45) is 0 Å². The van der Waals surface area contributed by atoms with Crippen LogP contribution in [-0.4, -0.2) is 17.4 Å². The van der Waals surface area contributed by atoms with Crippen molar-refractivity contribution in [3.63, 3.8) is 0 Å². The predicted octanol–water partition coefficient (Wildman–Crippen LogP) is 1.85. The molecule has 4 nitrogen and oxygen atoms in total. The molecule has 1 atom stereocenters. The SMILES string of the molecule is C/C(=C\Oc1ccccc1)C(=O)OC(C)O. The van der Waals surface area contributed by atoms with E-state index in [1.165, 1.54) is 13.2 Å². The third-order valence-corrected chi connectivity index (χ3v) is 1.71. The second kappa shape index (κ2) is 5.92. The molecule has 0 heterocycles. The van der Waals surface area contributed by atoms with Gasteiger partial charge in [-0.25, -0.2) is 4.79 Å². The Balaban J connectivity index is 2.54. The average Bonchev–Trinajstić information content (AvgIpc) is 2.26. The van der Waals surface area contributed by atoms with E-state index in [4.69, 9.17) is 9.84 Å². The van der Waals surface area contributed by atoms with Crippen LogP contribution in [0.5, 0.6) is 5.75 Å². The Bertz CT molecular complexity index is 368. The van der Waals surface area contributed by atoms with Crippen LogP contribution < -0.4 is 4.74 Å². The number of hydrogen-bond acceptors (Lipinski definition) is 4. The lowest BCUT2D eigenvalue weighted by atomic mass is 10.3. The Morgan fingerprint density at radius 3 is 2.56 bits per heavy atom. The van der Waals surface area contributed by atoms with E-state index in [0.29, 0.717) is 5.75 Å². The highest BCUT2D eigenvalue weighted by atomic mass is 16.6. The van der Waals surface area contributed by atoms with Gasteiger partial charge in [-0.3, -0.25) is 0 Å². The van der Waals surface area contributed by atoms with E-state index >= 15 is 0 Å². The molecule has 1 aromatic carbocycles. The summed E-state index contributed by atoms with van der Waals surface area (Å²) >= 11 is 0. The zero-order chi connectivity index (χ0) is 12.0. The smallest absolute Gasteiger partial charge is 0.339 e. The van der Waals surface area contributed by atoms with Crippen LogP contribution >= 0.6 is 0 Å². The molecule has 16 heavy (non-hydrogen) atoms. The molecular weight excluding hydrogens is 208 g/mol. The quantitative estimate of drug-likeness (QED) is 0.365. The lowest BCUT2D eigenvalue weighted by Gasteiger charge is -2.07. The first kappa shape index (κ1) is 12.3. The average molecular weight is 222 g/mol. The molecule has 0 aromatic heterocycles. The van der Waals surface area contributed by atoms with Crippen molar-refractivity contribution in [2.75, 3.05) is 0 Å². The molecule has 1 rings (SSSR count). The van der Waals surface area contributed by atoms with E-state index in [-0.39, 0.29) is 5.57 Å². The van der Waals surface area contributed by atoms with Crippen LogP contribution in [0.15, 0.2) is 42.2 Å². The van der Waals surface area contributed by atoms with Gasteiger partial charge in [-0.15, -0.1) is 0 Å². The Kier molecular flexibility index (Phi) is 4.54. The molecule has 1 aromatic rings. The van der Waals surface area contributed by atoms with Gasteiger partial charge in [0.25, 0.3) is 0 Å². The largest absolute Gasteiger partial charge is 0.464 e. The minimum absolute atomic E-state index is 0.282. The van der Waals surface area contributed by atoms with E-state index in [1.807, 2.05) is 18.2 Å². The summed E-state index contributed by atoms with van der Waals surface area (Å²) in [6.07, 6.45) is 0.174. The number of esters is 1. The van der Waals surface area contributed by atoms with Crippen LogP contribution in [0, 0.1) is 0 Å². The fourth-order valence-electron chi connectivity index (χ4n) is 0.951. The standard InChI is InChI=1S/C12H14O4/c1-9(12(14)16-10(2)13)8-15-11-6-4-3-5-7-11/h3-8,10,13H,1-2H3/b9-8+. The second-order valence-corrected chi connectivity index (χ2v) is 3.24. The maximum atomic E-state index is 11.2. The summed E-state index contributed by atoms with van der Waals surface area (Å²) in [7, 11) is 0. The molecule has 0 bridgehead atoms. The minimum atomic E-state index is -1.12. The molecule has 1 unspecified atom stereocenters. The van der Waals surface area contributed by atoms with Crippen molar-refractivity contribution >= 4 is 5.97 Å². The number of aliphatic hydroxyl groups excluding tert-OH is 1. The molecule has 0 spiro atoms. The number of ether oxygens (including phenoxy) is 2. The summed E-state index contributed by atoms with van der Waals surface area (Å²) in [6, 6.07) is 9.05. The van der Waals surface area contributed by atoms with Crippen molar-refractivity contribution in [1.82, 2.24) is 0 Å². The number of para-hydroxylation sites is 1. The number of benzene rings is 1. The van der Waals surface area contributed by atoms with Gasteiger partial charge in [0.15, 0.2) is 6.29 Å². The van der Waals surface area contributed by atoms with Gasteiger partial charge in [0.1, 0.15) is 12.0 Å². The molecule has 86 valence electrons. The van der Waals surface area contributed by atoms with Gasteiger partial charge in [-0.1, -0.05) is 18.2 Å². The summed E-state index contributed by atoms with van der Waals surface area (Å²) in [5, 5.41) is 8.85. The third-order valence-electron chi connectivity index (χ3n) is 1.71. The van der Waals surface area contributed by atoms with Crippen LogP contribution in [0.25, 0.3) is 0 Å². The maximum Gasteiger partial charge on any atom is 0.339 e. The first-order chi connectivity index (χ1) is 7.59. The summed E-state index contributed by atoms with van der Waals surface area (Å²) < 4.78 is 9.79. The van der Waals surface area contributed by atoms with Gasteiger partial charge in [0.05, 0.1) is 5.57 Å². The molecule has 1 N–H and O–H groups in total. The molecule has 0 radical (unpaired) electrons. The van der Waals surface area contributed by atoms with Crippen LogP contribution in [0.2, 0.25) is 0 Å². The number of rotatable bonds is 4. The highest BCUT2D eigenvalue weighted by Crippen LogP contribution is 2.10. The Morgan fingerprint density at radius 2 is 2.00 bits per heavy atom. The van der Waals surface area contributed by atoms with E-state index < -0.39 is 12.3 Å². The van der Waals surface area contributed by atoms with Crippen LogP contribution in [0.4, 0.5) is 0 Å². The number of carbonyl (C=O) groups is 1. The molecule has 0 amide bonds. The van der Waals surface area contributed by atoms with Crippen LogP contribution in [0.1, 0.15) is 13.8 Å². The number of carbonyl (C=O) groups excluding carboxylic acids is 1. The van der Waals surface area contributed by atoms with Crippen molar-refractivity contribution in [3.8, 4) is 5.75 Å². The predicted molar refractivity (Wildman–Crippen MR) is 58.6 cm³/mol. The summed E-state index contributed by atoms with van der Waals surface area (Å²) in [4.78, 5) is 11.2. The molecule has 0 aliphatic heterocycles. The van der Waals surface area contributed by atoms with Gasteiger partial charge < -0.3 is 14.6 Å². The molecule has 0 saturated carbocycles. The summed E-state index contributed by atoms with van der Waals surface area (Å²) in [5.41, 5.74) is 0.282. The maximum absolute atomic E-state index is 11.2. The number of aliphatic hydroxyl groups is 1. The summed E-state index contributed by atoms with van der Waals surface area (Å²) in [5.74, 6) is 0.0256. The van der Waals surface area contributed by atoms with Gasteiger partial charge in [-0.2, -0.15) is 0 Å². The summed E-state index contributed by atoms with van der Waals surface area (Å²) in [6.45, 7) is 2.91. The van der Waals surface area contributed by atoms with Crippen molar-refractivity contribution < 1.29 is 19.4 Å². The zero-order valence-corrected chi connectivity index (χ0v) is 9.21. The lowest BCUT2D eigenvalue weighted by Crippen LogP contribution is -2.14. The third kappa shape index (κ3) is 4.14. The number of hydrogen-bond donors (Lipinski definition) is 1. The highest BCUT2D eigenvalue weighted by Gasteiger charge is 2.08. The highest BCUT2D eigenvalue weighted by molar-refractivity contribution is 5.87. The Labute approximate surface area is 94.1 Å². The van der Waals surface area contributed by atoms with Crippen molar-refractivity contribution in [3.05, 3.63) is 42.2 Å². The topological polar surface area (TPSA) is 55.8 Å². The zero-order valence-electron chi connectivity index (χ0n) is 9.21. The first-order valence-corrected chi connectivity index (χ1v) is 4.87. The molecule has 4 heteroatoms. The first-order valence-electron chi connectivity index (χ1n) is 4.87. The van der Waals surface area contributed by atoms with Gasteiger partial charge >= 0.3 is 5.97 Å². The van der Waals surface area contributed by atoms with Gasteiger partial charge in [0, 0.05) is 0 Å². The molecule has 0 aliphatic carbocycles.